The molecule has 0 saturated carbocycles. The van der Waals surface area contributed by atoms with Crippen molar-refractivity contribution in [1.29, 1.82) is 0 Å². The van der Waals surface area contributed by atoms with Crippen molar-refractivity contribution in [1.82, 2.24) is 29.9 Å². The number of nitrogens with one attached hydrogen (secondary N) is 1. The number of fused-ring (bicyclic) bond motifs is 1. The van der Waals surface area contributed by atoms with E-state index in [1.54, 1.807) is 21.8 Å². The Bertz CT molecular complexity index is 1170. The molecule has 0 aliphatic carbocycles. The maximum Gasteiger partial charge on any atom is 0.252 e. The largest absolute Gasteiger partial charge is 0.345 e. The standard InChI is InChI=1S/C21H22N6O/c1-13(17-12-23-26(3)14(17)2)24-21(28)16-11-19(20-9-10-22-27(20)4)25-18-8-6-5-7-15(16)18/h5-13H,1-4H3,(H,24,28)/t13-/m1/s1. The number of benzene rings is 1. The van der Waals surface area contributed by atoms with E-state index in [2.05, 4.69) is 15.5 Å². The van der Waals surface area contributed by atoms with Gasteiger partial charge in [-0.1, -0.05) is 18.2 Å². The second kappa shape index (κ2) is 6.92. The van der Waals surface area contributed by atoms with Crippen LogP contribution in [-0.4, -0.2) is 30.5 Å². The normalized spacial score (nSPS) is 12.3. The van der Waals surface area contributed by atoms with E-state index < -0.39 is 0 Å². The van der Waals surface area contributed by atoms with E-state index in [1.165, 1.54) is 0 Å². The number of aryl methyl sites for hydroxylation is 2. The summed E-state index contributed by atoms with van der Waals surface area (Å²) in [7, 11) is 3.75. The second-order valence-electron chi connectivity index (χ2n) is 6.92. The van der Waals surface area contributed by atoms with E-state index in [9.17, 15) is 4.79 Å². The maximum atomic E-state index is 13.2. The van der Waals surface area contributed by atoms with Gasteiger partial charge in [0.25, 0.3) is 5.91 Å². The molecule has 7 nitrogen and oxygen atoms in total. The zero-order valence-corrected chi connectivity index (χ0v) is 16.3. The summed E-state index contributed by atoms with van der Waals surface area (Å²) in [4.78, 5) is 17.9. The molecule has 7 heteroatoms. The van der Waals surface area contributed by atoms with Gasteiger partial charge in [0, 0.05) is 36.9 Å². The highest BCUT2D eigenvalue weighted by molar-refractivity contribution is 6.07. The molecule has 0 radical (unpaired) electrons. The van der Waals surface area contributed by atoms with Crippen LogP contribution >= 0.6 is 0 Å². The first-order chi connectivity index (χ1) is 13.5. The summed E-state index contributed by atoms with van der Waals surface area (Å²) in [6.07, 6.45) is 3.52. The van der Waals surface area contributed by atoms with Crippen molar-refractivity contribution in [2.24, 2.45) is 14.1 Å². The van der Waals surface area contributed by atoms with E-state index in [1.807, 2.05) is 64.3 Å². The molecule has 0 saturated heterocycles. The zero-order chi connectivity index (χ0) is 19.8. The topological polar surface area (TPSA) is 77.6 Å². The van der Waals surface area contributed by atoms with Crippen LogP contribution in [0.4, 0.5) is 0 Å². The smallest absolute Gasteiger partial charge is 0.252 e. The molecule has 0 unspecified atom stereocenters. The minimum absolute atomic E-state index is 0.141. The van der Waals surface area contributed by atoms with Gasteiger partial charge in [0.05, 0.1) is 34.7 Å². The Morgan fingerprint density at radius 2 is 1.89 bits per heavy atom. The van der Waals surface area contributed by atoms with Crippen LogP contribution in [0.5, 0.6) is 0 Å². The molecule has 3 aromatic heterocycles. The van der Waals surface area contributed by atoms with E-state index in [0.717, 1.165) is 27.9 Å². The van der Waals surface area contributed by atoms with Crippen LogP contribution in [0.15, 0.2) is 48.8 Å². The number of hydrogen-bond donors (Lipinski definition) is 1. The third-order valence-electron chi connectivity index (χ3n) is 5.13. The third kappa shape index (κ3) is 3.05. The zero-order valence-electron chi connectivity index (χ0n) is 16.3. The molecule has 4 aromatic rings. The Balaban J connectivity index is 1.75. The molecule has 0 spiro atoms. The minimum Gasteiger partial charge on any atom is -0.345 e. The van der Waals surface area contributed by atoms with Crippen LogP contribution in [0.3, 0.4) is 0 Å². The molecule has 142 valence electrons. The average molecular weight is 374 g/mol. The molecule has 0 aliphatic heterocycles. The Labute approximate surface area is 163 Å². The Hall–Kier alpha value is -3.48. The molecule has 1 N–H and O–H groups in total. The first-order valence-electron chi connectivity index (χ1n) is 9.13. The average Bonchev–Trinajstić information content (AvgIpc) is 3.26. The summed E-state index contributed by atoms with van der Waals surface area (Å²) in [5.41, 5.74) is 4.97. The van der Waals surface area contributed by atoms with Gasteiger partial charge in [0.2, 0.25) is 0 Å². The SMILES string of the molecule is Cc1c([C@@H](C)NC(=O)c2cc(-c3ccnn3C)nc3ccccc23)cnn1C. The van der Waals surface area contributed by atoms with Crippen molar-refractivity contribution in [2.45, 2.75) is 19.9 Å². The van der Waals surface area contributed by atoms with Crippen LogP contribution in [0.1, 0.15) is 34.6 Å². The molecule has 3 heterocycles. The summed E-state index contributed by atoms with van der Waals surface area (Å²) < 4.78 is 3.56. The maximum absolute atomic E-state index is 13.2. The summed E-state index contributed by atoms with van der Waals surface area (Å²) in [6, 6.07) is 11.2. The predicted octanol–water partition coefficient (Wildman–Crippen LogP) is 3.17. The van der Waals surface area contributed by atoms with Crippen LogP contribution in [0.25, 0.3) is 22.3 Å². The fraction of sp³-hybridized carbons (Fsp3) is 0.238. The van der Waals surface area contributed by atoms with E-state index >= 15 is 0 Å². The lowest BCUT2D eigenvalue weighted by Gasteiger charge is -2.15. The monoisotopic (exact) mass is 374 g/mol. The van der Waals surface area contributed by atoms with Crippen molar-refractivity contribution in [2.75, 3.05) is 0 Å². The number of para-hydroxylation sites is 1. The van der Waals surface area contributed by atoms with Crippen molar-refractivity contribution < 1.29 is 4.79 Å². The lowest BCUT2D eigenvalue weighted by Crippen LogP contribution is -2.27. The molecule has 4 rings (SSSR count). The van der Waals surface area contributed by atoms with Crippen LogP contribution in [0.2, 0.25) is 0 Å². The first kappa shape index (κ1) is 17.9. The second-order valence-corrected chi connectivity index (χ2v) is 6.92. The third-order valence-corrected chi connectivity index (χ3v) is 5.13. The number of carbonyl (C=O) groups excluding carboxylic acids is 1. The quantitative estimate of drug-likeness (QED) is 0.595. The predicted molar refractivity (Wildman–Crippen MR) is 108 cm³/mol. The Kier molecular flexibility index (Phi) is 4.43. The number of aromatic nitrogens is 5. The van der Waals surface area contributed by atoms with Gasteiger partial charge in [0.1, 0.15) is 0 Å². The lowest BCUT2D eigenvalue weighted by atomic mass is 10.0. The van der Waals surface area contributed by atoms with Crippen molar-refractivity contribution in [3.05, 3.63) is 65.6 Å². The highest BCUT2D eigenvalue weighted by Gasteiger charge is 2.19. The molecule has 1 amide bonds. The summed E-state index contributed by atoms with van der Waals surface area (Å²) in [6.45, 7) is 3.96. The molecular weight excluding hydrogens is 352 g/mol. The van der Waals surface area contributed by atoms with Crippen LogP contribution in [0, 0.1) is 6.92 Å². The van der Waals surface area contributed by atoms with Crippen molar-refractivity contribution in [3.8, 4) is 11.4 Å². The van der Waals surface area contributed by atoms with Gasteiger partial charge >= 0.3 is 0 Å². The van der Waals surface area contributed by atoms with E-state index in [0.29, 0.717) is 11.3 Å². The van der Waals surface area contributed by atoms with Crippen LogP contribution < -0.4 is 5.32 Å². The molecule has 1 aromatic carbocycles. The number of carbonyl (C=O) groups is 1. The lowest BCUT2D eigenvalue weighted by molar-refractivity contribution is 0.0941. The van der Waals surface area contributed by atoms with Crippen molar-refractivity contribution >= 4 is 16.8 Å². The Morgan fingerprint density at radius 3 is 2.57 bits per heavy atom. The Morgan fingerprint density at radius 1 is 1.11 bits per heavy atom. The first-order valence-corrected chi connectivity index (χ1v) is 9.13. The van der Waals surface area contributed by atoms with E-state index in [4.69, 9.17) is 4.98 Å². The van der Waals surface area contributed by atoms with Gasteiger partial charge in [-0.15, -0.1) is 0 Å². The highest BCUT2D eigenvalue weighted by Crippen LogP contribution is 2.25. The van der Waals surface area contributed by atoms with Gasteiger partial charge in [-0.25, -0.2) is 4.98 Å². The number of rotatable bonds is 4. The molecule has 28 heavy (non-hydrogen) atoms. The number of amides is 1. The summed E-state index contributed by atoms with van der Waals surface area (Å²) in [5, 5.41) is 12.4. The fourth-order valence-electron chi connectivity index (χ4n) is 3.41. The number of hydrogen-bond acceptors (Lipinski definition) is 4. The number of nitrogens with zero attached hydrogens (tertiary/aromatic N) is 5. The molecule has 1 atom stereocenters. The van der Waals surface area contributed by atoms with Gasteiger partial charge in [-0.3, -0.25) is 14.2 Å². The highest BCUT2D eigenvalue weighted by atomic mass is 16.1. The van der Waals surface area contributed by atoms with Gasteiger partial charge in [-0.2, -0.15) is 10.2 Å². The molecular formula is C21H22N6O. The molecule has 0 fully saturated rings. The minimum atomic E-state index is -0.159. The van der Waals surface area contributed by atoms with Crippen molar-refractivity contribution in [3.63, 3.8) is 0 Å². The summed E-state index contributed by atoms with van der Waals surface area (Å²) in [5.74, 6) is -0.141. The van der Waals surface area contributed by atoms with Crippen LogP contribution in [-0.2, 0) is 14.1 Å². The van der Waals surface area contributed by atoms with Gasteiger partial charge < -0.3 is 5.32 Å². The van der Waals surface area contributed by atoms with E-state index in [-0.39, 0.29) is 11.9 Å². The van der Waals surface area contributed by atoms with Gasteiger partial charge in [0.15, 0.2) is 0 Å². The number of pyridine rings is 1. The molecule has 0 bridgehead atoms. The summed E-state index contributed by atoms with van der Waals surface area (Å²) >= 11 is 0. The van der Waals surface area contributed by atoms with Gasteiger partial charge in [-0.05, 0) is 32.0 Å². The molecule has 0 aliphatic rings. The fourth-order valence-corrected chi connectivity index (χ4v) is 3.41.